The van der Waals surface area contributed by atoms with E-state index in [1.807, 2.05) is 13.8 Å². The highest BCUT2D eigenvalue weighted by atomic mass is 35.5. The number of carbonyl (C=O) groups excluding carboxylic acids is 3. The molecule has 30 heavy (non-hydrogen) atoms. The van der Waals surface area contributed by atoms with Gasteiger partial charge in [-0.25, -0.2) is 4.79 Å². The Morgan fingerprint density at radius 1 is 1.27 bits per heavy atom. The Bertz CT molecular complexity index is 960. The molecular weight excluding hydrogens is 430 g/mol. The van der Waals surface area contributed by atoms with E-state index in [2.05, 4.69) is 5.32 Å². The summed E-state index contributed by atoms with van der Waals surface area (Å²) in [5, 5.41) is 4.28. The number of amides is 4. The second-order valence-electron chi connectivity index (χ2n) is 7.19. The molecule has 1 N–H and O–H groups in total. The Kier molecular flexibility index (Phi) is 6.72. The van der Waals surface area contributed by atoms with Gasteiger partial charge < -0.3 is 14.8 Å². The van der Waals surface area contributed by atoms with Crippen molar-refractivity contribution >= 4 is 52.6 Å². The minimum Gasteiger partial charge on any atom is -0.495 e. The summed E-state index contributed by atoms with van der Waals surface area (Å²) in [4.78, 5) is 39.7. The van der Waals surface area contributed by atoms with E-state index in [4.69, 9.17) is 21.1 Å². The van der Waals surface area contributed by atoms with Gasteiger partial charge in [0.2, 0.25) is 0 Å². The number of hydrogen-bond donors (Lipinski definition) is 1. The van der Waals surface area contributed by atoms with Crippen LogP contribution in [-0.4, -0.2) is 65.6 Å². The van der Waals surface area contributed by atoms with Crippen molar-refractivity contribution < 1.29 is 28.4 Å². The lowest BCUT2D eigenvalue weighted by Gasteiger charge is -2.25. The van der Waals surface area contributed by atoms with Crippen LogP contribution in [0.5, 0.6) is 11.5 Å². The number of thioether (sulfide) groups is 1. The van der Waals surface area contributed by atoms with Gasteiger partial charge in [0, 0.05) is 6.07 Å². The normalized spacial score (nSPS) is 18.2. The molecule has 1 aromatic rings. The summed E-state index contributed by atoms with van der Waals surface area (Å²) in [5.74, 6) is 0.192. The Balaban J connectivity index is 1.86. The number of rotatable bonds is 7. The van der Waals surface area contributed by atoms with Crippen molar-refractivity contribution in [2.45, 2.75) is 19.1 Å². The number of nitrogens with one attached hydrogen (secondary N) is 1. The second-order valence-corrected chi connectivity index (χ2v) is 8.61. The average molecular weight is 453 g/mol. The van der Waals surface area contributed by atoms with Crippen molar-refractivity contribution in [3.8, 4) is 11.5 Å². The van der Waals surface area contributed by atoms with Crippen LogP contribution in [0, 0.1) is 5.92 Å². The van der Waals surface area contributed by atoms with E-state index in [1.54, 1.807) is 17.6 Å². The second kappa shape index (κ2) is 9.09. The first-order valence-corrected chi connectivity index (χ1v) is 10.6. The summed E-state index contributed by atoms with van der Waals surface area (Å²) in [6.07, 6.45) is 1.70. The number of benzene rings is 1. The van der Waals surface area contributed by atoms with Crippen molar-refractivity contribution in [1.82, 2.24) is 4.90 Å². The van der Waals surface area contributed by atoms with E-state index in [1.165, 1.54) is 41.5 Å². The number of anilines is 1. The van der Waals surface area contributed by atoms with Crippen molar-refractivity contribution in [3.05, 3.63) is 28.6 Å². The quantitative estimate of drug-likeness (QED) is 0.640. The predicted octanol–water partition coefficient (Wildman–Crippen LogP) is 3.00. The summed E-state index contributed by atoms with van der Waals surface area (Å²) >= 11 is 7.49. The van der Waals surface area contributed by atoms with Crippen LogP contribution in [-0.2, 0) is 9.59 Å². The maximum atomic E-state index is 13.0. The molecule has 0 bridgehead atoms. The van der Waals surface area contributed by atoms with Crippen molar-refractivity contribution in [2.75, 3.05) is 32.6 Å². The largest absolute Gasteiger partial charge is 0.501 e. The molecule has 2 aliphatic rings. The molecule has 160 valence electrons. The third-order valence-electron chi connectivity index (χ3n) is 4.58. The van der Waals surface area contributed by atoms with Crippen LogP contribution >= 0.6 is 23.4 Å². The molecule has 4 amide bonds. The number of halogens is 1. The van der Waals surface area contributed by atoms with Crippen LogP contribution in [0.4, 0.5) is 10.5 Å². The third-order valence-corrected chi connectivity index (χ3v) is 5.89. The van der Waals surface area contributed by atoms with E-state index in [0.717, 1.165) is 0 Å². The van der Waals surface area contributed by atoms with Gasteiger partial charge in [-0.05, 0) is 23.5 Å². The molecule has 1 unspecified atom stereocenters. The van der Waals surface area contributed by atoms with Gasteiger partial charge in [0.25, 0.3) is 5.91 Å². The molecule has 0 spiro atoms. The highest BCUT2D eigenvalue weighted by molar-refractivity contribution is 8.04. The number of urea groups is 1. The van der Waals surface area contributed by atoms with Gasteiger partial charge in [-0.2, -0.15) is 14.3 Å². The topological polar surface area (TPSA) is 87.9 Å². The molecule has 0 radical (unpaired) electrons. The molecule has 2 heterocycles. The van der Waals surface area contributed by atoms with Gasteiger partial charge in [-0.3, -0.25) is 4.79 Å². The number of carbonyl (C=O) groups is 3. The molecule has 0 aliphatic carbocycles. The summed E-state index contributed by atoms with van der Waals surface area (Å²) < 4.78 is 11.8. The van der Waals surface area contributed by atoms with Gasteiger partial charge in [-0.1, -0.05) is 25.4 Å². The number of methoxy groups -OCH3 is 2. The molecule has 0 saturated carbocycles. The molecular formula is C20H23ClN3O5S+. The fourth-order valence-corrected chi connectivity index (χ4v) is 4.44. The van der Waals surface area contributed by atoms with Gasteiger partial charge in [0.15, 0.2) is 11.8 Å². The third kappa shape index (κ3) is 4.32. The highest BCUT2D eigenvalue weighted by Crippen LogP contribution is 2.36. The smallest absolute Gasteiger partial charge is 0.495 e. The van der Waals surface area contributed by atoms with Gasteiger partial charge in [0.1, 0.15) is 17.2 Å². The molecule has 1 aromatic carbocycles. The van der Waals surface area contributed by atoms with E-state index >= 15 is 0 Å². The lowest BCUT2D eigenvalue weighted by Crippen LogP contribution is -2.57. The van der Waals surface area contributed by atoms with Gasteiger partial charge in [0.05, 0.1) is 31.5 Å². The first-order chi connectivity index (χ1) is 14.3. The standard InChI is InChI=1S/C20H22ClN3O5S/c1-11(2)9-24-19(26)18-14(5-6-30-18)23(20(24)27)10-17(25)22-13-7-12(21)15(28-3)8-16(13)29-4/h5-8,11,18H,9-10H2,1-4H3/p+1. The molecule has 1 atom stereocenters. The zero-order valence-corrected chi connectivity index (χ0v) is 18.7. The molecule has 2 aliphatic heterocycles. The van der Waals surface area contributed by atoms with Crippen molar-refractivity contribution in [1.29, 1.82) is 0 Å². The molecule has 0 fully saturated rings. The van der Waals surface area contributed by atoms with Crippen LogP contribution in [0.2, 0.25) is 5.02 Å². The van der Waals surface area contributed by atoms with E-state index < -0.39 is 17.2 Å². The lowest BCUT2D eigenvalue weighted by atomic mass is 10.1. The monoisotopic (exact) mass is 452 g/mol. The predicted molar refractivity (Wildman–Crippen MR) is 116 cm³/mol. The van der Waals surface area contributed by atoms with E-state index in [-0.39, 0.29) is 18.4 Å². The fourth-order valence-electron chi connectivity index (χ4n) is 3.24. The van der Waals surface area contributed by atoms with Crippen LogP contribution in [0.25, 0.3) is 0 Å². The maximum Gasteiger partial charge on any atom is 0.501 e. The van der Waals surface area contributed by atoms with Crippen molar-refractivity contribution in [2.24, 2.45) is 5.92 Å². The first-order valence-electron chi connectivity index (χ1n) is 9.29. The Morgan fingerprint density at radius 3 is 2.60 bits per heavy atom. The number of allylic oxidation sites excluding steroid dienone is 1. The number of hydrogen-bond acceptors (Lipinski definition) is 6. The fraction of sp³-hybridized carbons (Fsp3) is 0.400. The molecule has 3 rings (SSSR count). The zero-order valence-electron chi connectivity index (χ0n) is 17.1. The van der Waals surface area contributed by atoms with E-state index in [9.17, 15) is 14.4 Å². The molecule has 10 heteroatoms. The first kappa shape index (κ1) is 22.2. The summed E-state index contributed by atoms with van der Waals surface area (Å²) in [5.41, 5.74) is 0.871. The minimum absolute atomic E-state index is 0.111. The van der Waals surface area contributed by atoms with Crippen molar-refractivity contribution in [3.63, 3.8) is 0 Å². The number of imide groups is 1. The zero-order chi connectivity index (χ0) is 22.0. The van der Waals surface area contributed by atoms with Crippen LogP contribution in [0.1, 0.15) is 13.8 Å². The minimum atomic E-state index is -0.515. The lowest BCUT2D eigenvalue weighted by molar-refractivity contribution is -0.426. The van der Waals surface area contributed by atoms with Crippen LogP contribution < -0.4 is 14.8 Å². The average Bonchev–Trinajstić information content (AvgIpc) is 3.18. The number of fused-ring (bicyclic) bond motifs is 1. The highest BCUT2D eigenvalue weighted by Gasteiger charge is 2.49. The molecule has 0 saturated heterocycles. The molecule has 8 nitrogen and oxygen atoms in total. The maximum absolute atomic E-state index is 13.0. The molecule has 0 aromatic heterocycles. The summed E-state index contributed by atoms with van der Waals surface area (Å²) in [7, 11) is 2.94. The Hall–Kier alpha value is -2.52. The SMILES string of the molecule is COc1cc(OC)c(NC(=O)C[N+]2=C3C=CSC3C(=O)N(CC(C)C)C2=O)cc1Cl. The summed E-state index contributed by atoms with van der Waals surface area (Å²) in [6, 6.07) is 2.58. The number of ether oxygens (including phenoxy) is 2. The van der Waals surface area contributed by atoms with Gasteiger partial charge >= 0.3 is 11.9 Å². The Morgan fingerprint density at radius 2 is 1.97 bits per heavy atom. The van der Waals surface area contributed by atoms with Crippen LogP contribution in [0.3, 0.4) is 0 Å². The van der Waals surface area contributed by atoms with Crippen LogP contribution in [0.15, 0.2) is 23.6 Å². The van der Waals surface area contributed by atoms with Gasteiger partial charge in [-0.15, -0.1) is 11.8 Å². The Labute approximate surface area is 183 Å². The van der Waals surface area contributed by atoms with E-state index in [0.29, 0.717) is 34.5 Å². The number of nitrogens with zero attached hydrogens (tertiary/aromatic N) is 2. The summed E-state index contributed by atoms with van der Waals surface area (Å²) in [6.45, 7) is 3.90.